The number of nitrogens with one attached hydrogen (secondary N) is 1. The molecular weight excluding hydrogens is 324 g/mol. The zero-order valence-corrected chi connectivity index (χ0v) is 13.6. The van der Waals surface area contributed by atoms with Crippen LogP contribution < -0.4 is 15.6 Å². The number of nitrogens with zero attached hydrogens (tertiary/aromatic N) is 2. The highest BCUT2D eigenvalue weighted by Gasteiger charge is 2.18. The van der Waals surface area contributed by atoms with Crippen molar-refractivity contribution in [3.63, 3.8) is 0 Å². The lowest BCUT2D eigenvalue weighted by Crippen LogP contribution is -2.39. The normalized spacial score (nSPS) is 10.4. The molecule has 3 aromatic rings. The molecule has 1 aromatic carbocycles. The summed E-state index contributed by atoms with van der Waals surface area (Å²) in [6, 6.07) is 16.3. The minimum Gasteiger partial charge on any atom is -0.322 e. The molecule has 24 heavy (non-hydrogen) atoms. The van der Waals surface area contributed by atoms with Crippen LogP contribution in [0.15, 0.2) is 67.0 Å². The zero-order valence-electron chi connectivity index (χ0n) is 12.8. The fourth-order valence-corrected chi connectivity index (χ4v) is 2.42. The molecule has 2 aromatic heterocycles. The number of pyridine rings is 2. The molecule has 0 unspecified atom stereocenters. The van der Waals surface area contributed by atoms with Crippen molar-refractivity contribution in [3.8, 4) is 0 Å². The second-order valence-corrected chi connectivity index (χ2v) is 5.63. The molecule has 3 rings (SSSR count). The number of rotatable bonds is 4. The fraction of sp³-hybridized carbons (Fsp3) is 0.0556. The van der Waals surface area contributed by atoms with Crippen molar-refractivity contribution < 1.29 is 9.36 Å². The highest BCUT2D eigenvalue weighted by Crippen LogP contribution is 2.12. The van der Waals surface area contributed by atoms with Crippen LogP contribution >= 0.6 is 11.6 Å². The van der Waals surface area contributed by atoms with Gasteiger partial charge in [-0.25, -0.2) is 9.55 Å². The minimum atomic E-state index is -0.248. The predicted molar refractivity (Wildman–Crippen MR) is 93.8 cm³/mol. The maximum Gasteiger partial charge on any atom is 0.285 e. The molecule has 0 aliphatic rings. The highest BCUT2D eigenvalue weighted by atomic mass is 35.5. The van der Waals surface area contributed by atoms with E-state index in [1.807, 2.05) is 42.6 Å². The number of amides is 1. The van der Waals surface area contributed by atoms with Gasteiger partial charge in [-0.1, -0.05) is 35.9 Å². The molecule has 2 heterocycles. The van der Waals surface area contributed by atoms with Crippen molar-refractivity contribution in [1.29, 1.82) is 0 Å². The number of aromatic nitrogens is 2. The zero-order chi connectivity index (χ0) is 16.9. The lowest BCUT2D eigenvalue weighted by molar-refractivity contribution is -0.674. The molecule has 1 amide bonds. The Morgan fingerprint density at radius 2 is 1.92 bits per heavy atom. The van der Waals surface area contributed by atoms with Gasteiger partial charge in [0.05, 0.1) is 6.20 Å². The first kappa shape index (κ1) is 16.0. The summed E-state index contributed by atoms with van der Waals surface area (Å²) >= 11 is 5.79. The number of para-hydroxylation sites is 1. The summed E-state index contributed by atoms with van der Waals surface area (Å²) in [6.45, 7) is 0.502. The maximum absolute atomic E-state index is 12.4. The number of hydrogen-bond acceptors (Lipinski definition) is 3. The van der Waals surface area contributed by atoms with E-state index >= 15 is 0 Å². The van der Waals surface area contributed by atoms with E-state index in [0.717, 1.165) is 11.3 Å². The first-order chi connectivity index (χ1) is 11.6. The lowest BCUT2D eigenvalue weighted by atomic mass is 10.2. The van der Waals surface area contributed by atoms with E-state index in [1.165, 1.54) is 0 Å². The second-order valence-electron chi connectivity index (χ2n) is 5.24. The van der Waals surface area contributed by atoms with E-state index in [-0.39, 0.29) is 5.91 Å². The number of nitrogens with two attached hydrogens (primary N) is 1. The van der Waals surface area contributed by atoms with E-state index in [4.69, 9.17) is 17.3 Å². The van der Waals surface area contributed by atoms with Crippen molar-refractivity contribution in [2.24, 2.45) is 0 Å². The highest BCUT2D eigenvalue weighted by molar-refractivity contribution is 6.29. The van der Waals surface area contributed by atoms with Crippen LogP contribution in [-0.4, -0.2) is 10.9 Å². The number of carbonyl (C=O) groups is 1. The third kappa shape index (κ3) is 3.70. The molecule has 6 heteroatoms. The summed E-state index contributed by atoms with van der Waals surface area (Å²) in [4.78, 5) is 16.5. The van der Waals surface area contributed by atoms with Crippen LogP contribution in [0.25, 0.3) is 0 Å². The summed E-state index contributed by atoms with van der Waals surface area (Å²) in [5.74, 6) is 0.142. The Morgan fingerprint density at radius 3 is 2.62 bits per heavy atom. The maximum atomic E-state index is 12.4. The third-order valence-electron chi connectivity index (χ3n) is 3.53. The van der Waals surface area contributed by atoms with Crippen LogP contribution in [0.2, 0.25) is 5.15 Å². The van der Waals surface area contributed by atoms with Crippen LogP contribution in [-0.2, 0) is 6.54 Å². The molecule has 0 aliphatic carbocycles. The van der Waals surface area contributed by atoms with Gasteiger partial charge in [0, 0.05) is 17.4 Å². The Kier molecular flexibility index (Phi) is 4.72. The minimum absolute atomic E-state index is 0.248. The van der Waals surface area contributed by atoms with Gasteiger partial charge in [0.2, 0.25) is 0 Å². The topological polar surface area (TPSA) is 71.9 Å². The Bertz CT molecular complexity index is 851. The van der Waals surface area contributed by atoms with Crippen LogP contribution in [0.4, 0.5) is 11.5 Å². The van der Waals surface area contributed by atoms with Gasteiger partial charge in [0.15, 0.2) is 0 Å². The van der Waals surface area contributed by atoms with Crippen molar-refractivity contribution in [1.82, 2.24) is 4.98 Å². The summed E-state index contributed by atoms with van der Waals surface area (Å²) in [5.41, 5.74) is 8.25. The summed E-state index contributed by atoms with van der Waals surface area (Å²) in [7, 11) is 0. The van der Waals surface area contributed by atoms with Crippen LogP contribution in [0.5, 0.6) is 0 Å². The van der Waals surface area contributed by atoms with E-state index in [0.29, 0.717) is 23.1 Å². The van der Waals surface area contributed by atoms with Gasteiger partial charge in [-0.2, -0.15) is 0 Å². The van der Waals surface area contributed by atoms with E-state index in [9.17, 15) is 4.79 Å². The molecular formula is C18H16ClN4O+. The molecule has 3 N–H and O–H groups in total. The predicted octanol–water partition coefficient (Wildman–Crippen LogP) is 2.91. The lowest BCUT2D eigenvalue weighted by Gasteiger charge is -2.08. The van der Waals surface area contributed by atoms with Crippen molar-refractivity contribution in [3.05, 3.63) is 83.3 Å². The van der Waals surface area contributed by atoms with Gasteiger partial charge in [-0.3, -0.25) is 10.5 Å². The molecule has 0 spiro atoms. The second kappa shape index (κ2) is 7.10. The Labute approximate surface area is 144 Å². The van der Waals surface area contributed by atoms with E-state index in [1.54, 1.807) is 29.0 Å². The fourth-order valence-electron chi connectivity index (χ4n) is 2.31. The first-order valence-electron chi connectivity index (χ1n) is 7.38. The Balaban J connectivity index is 1.82. The van der Waals surface area contributed by atoms with Crippen LogP contribution in [0.3, 0.4) is 0 Å². The van der Waals surface area contributed by atoms with Crippen LogP contribution in [0, 0.1) is 0 Å². The van der Waals surface area contributed by atoms with Gasteiger partial charge in [-0.05, 0) is 30.3 Å². The SMILES string of the molecule is Nc1c(C(=O)Nc2ccccc2)ccc[n+]1Cc1ccc(Cl)nc1. The molecule has 0 bridgehead atoms. The van der Waals surface area contributed by atoms with E-state index in [2.05, 4.69) is 10.3 Å². The molecule has 120 valence electrons. The number of carbonyl (C=O) groups excluding carboxylic acids is 1. The summed E-state index contributed by atoms with van der Waals surface area (Å²) in [5, 5.41) is 3.27. The number of halogens is 1. The van der Waals surface area contributed by atoms with Crippen molar-refractivity contribution in [2.45, 2.75) is 6.54 Å². The van der Waals surface area contributed by atoms with Crippen molar-refractivity contribution in [2.75, 3.05) is 11.1 Å². The quantitative estimate of drug-likeness (QED) is 0.567. The van der Waals surface area contributed by atoms with Gasteiger partial charge in [0.25, 0.3) is 11.7 Å². The monoisotopic (exact) mass is 339 g/mol. The molecule has 0 atom stereocenters. The standard InChI is InChI=1S/C18H15ClN4O/c19-16-9-8-13(11-21-16)12-23-10-4-7-15(17(23)20)18(24)22-14-5-2-1-3-6-14/h1-11,20H,12H2,(H,22,24)/p+1. The molecule has 0 saturated carbocycles. The largest absolute Gasteiger partial charge is 0.322 e. The molecule has 0 fully saturated rings. The van der Waals surface area contributed by atoms with Gasteiger partial charge >= 0.3 is 0 Å². The smallest absolute Gasteiger partial charge is 0.285 e. The Hall–Kier alpha value is -2.92. The van der Waals surface area contributed by atoms with E-state index < -0.39 is 0 Å². The summed E-state index contributed by atoms with van der Waals surface area (Å²) < 4.78 is 1.80. The average Bonchev–Trinajstić information content (AvgIpc) is 2.59. The Morgan fingerprint density at radius 1 is 1.12 bits per heavy atom. The van der Waals surface area contributed by atoms with Gasteiger partial charge in [0.1, 0.15) is 17.3 Å². The van der Waals surface area contributed by atoms with Gasteiger partial charge < -0.3 is 5.32 Å². The van der Waals surface area contributed by atoms with Crippen LogP contribution in [0.1, 0.15) is 15.9 Å². The number of nitrogen functional groups attached to an aromatic ring is 1. The first-order valence-corrected chi connectivity index (χ1v) is 7.76. The number of anilines is 2. The molecule has 0 radical (unpaired) electrons. The molecule has 0 saturated heterocycles. The third-order valence-corrected chi connectivity index (χ3v) is 3.76. The average molecular weight is 340 g/mol. The summed E-state index contributed by atoms with van der Waals surface area (Å²) in [6.07, 6.45) is 3.51. The van der Waals surface area contributed by atoms with Gasteiger partial charge in [-0.15, -0.1) is 0 Å². The molecule has 0 aliphatic heterocycles. The number of hydrogen-bond donors (Lipinski definition) is 2. The molecule has 5 nitrogen and oxygen atoms in total. The van der Waals surface area contributed by atoms with Crippen molar-refractivity contribution >= 4 is 29.0 Å². The number of benzene rings is 1.